The first-order valence-corrected chi connectivity index (χ1v) is 6.36. The molecule has 2 rings (SSSR count). The van der Waals surface area contributed by atoms with Crippen LogP contribution in [0.4, 0.5) is 11.6 Å². The van der Waals surface area contributed by atoms with E-state index in [0.29, 0.717) is 22.4 Å². The maximum Gasteiger partial charge on any atom is 0.217 e. The lowest BCUT2D eigenvalue weighted by atomic mass is 10.2. The van der Waals surface area contributed by atoms with Gasteiger partial charge in [-0.25, -0.2) is 4.98 Å². The van der Waals surface area contributed by atoms with Gasteiger partial charge in [0.25, 0.3) is 0 Å². The fourth-order valence-electron chi connectivity index (χ4n) is 2.05. The third-order valence-electron chi connectivity index (χ3n) is 2.83. The number of hydrogen-bond donors (Lipinski definition) is 2. The molecule has 1 aliphatic heterocycles. The fraction of sp³-hybridized carbons (Fsp3) is 0.455. The summed E-state index contributed by atoms with van der Waals surface area (Å²) in [5.41, 5.74) is 5.67. The Morgan fingerprint density at radius 2 is 2.28 bits per heavy atom. The smallest absolute Gasteiger partial charge is 0.217 e. The maximum atomic E-state index is 11.0. The number of aromatic nitrogens is 1. The highest BCUT2D eigenvalue weighted by molar-refractivity contribution is 6.37. The molecule has 0 aliphatic carbocycles. The van der Waals surface area contributed by atoms with Gasteiger partial charge in [-0.2, -0.15) is 0 Å². The minimum absolute atomic E-state index is 0.0310. The lowest BCUT2D eigenvalue weighted by Crippen LogP contribution is -2.35. The van der Waals surface area contributed by atoms with Crippen LogP contribution in [0.1, 0.15) is 13.3 Å². The minimum Gasteiger partial charge on any atom is -0.382 e. The van der Waals surface area contributed by atoms with Crippen LogP contribution >= 0.6 is 23.2 Å². The summed E-state index contributed by atoms with van der Waals surface area (Å²) >= 11 is 11.9. The van der Waals surface area contributed by atoms with E-state index in [4.69, 9.17) is 28.9 Å². The molecule has 98 valence electrons. The Balaban J connectivity index is 2.14. The van der Waals surface area contributed by atoms with Crippen LogP contribution in [0.15, 0.2) is 6.07 Å². The Hall–Kier alpha value is -1.20. The van der Waals surface area contributed by atoms with E-state index in [1.54, 1.807) is 6.07 Å². The van der Waals surface area contributed by atoms with Gasteiger partial charge in [0.05, 0.1) is 10.0 Å². The Bertz CT molecular complexity index is 480. The molecule has 1 saturated heterocycles. The lowest BCUT2D eigenvalue weighted by molar-refractivity contribution is -0.119. The molecule has 0 bridgehead atoms. The first-order valence-electron chi connectivity index (χ1n) is 5.61. The monoisotopic (exact) mass is 288 g/mol. The third kappa shape index (κ3) is 2.79. The molecule has 0 aromatic carbocycles. The van der Waals surface area contributed by atoms with Crippen LogP contribution in [0.25, 0.3) is 0 Å². The molecule has 0 radical (unpaired) electrons. The fourth-order valence-corrected chi connectivity index (χ4v) is 2.53. The molecule has 0 spiro atoms. The molecular weight excluding hydrogens is 275 g/mol. The number of hydrogen-bond acceptors (Lipinski definition) is 4. The average molecular weight is 289 g/mol. The molecule has 1 fully saturated rings. The molecule has 1 atom stereocenters. The number of pyridine rings is 1. The summed E-state index contributed by atoms with van der Waals surface area (Å²) in [4.78, 5) is 17.2. The highest BCUT2D eigenvalue weighted by Crippen LogP contribution is 2.31. The van der Waals surface area contributed by atoms with E-state index in [1.165, 1.54) is 6.92 Å². The Morgan fingerprint density at radius 1 is 1.56 bits per heavy atom. The molecule has 1 aliphatic rings. The Morgan fingerprint density at radius 3 is 2.94 bits per heavy atom. The normalized spacial score (nSPS) is 19.1. The number of nitrogens with two attached hydrogens (primary N) is 1. The number of carbonyl (C=O) groups is 1. The number of rotatable bonds is 2. The molecule has 1 aromatic rings. The second-order valence-electron chi connectivity index (χ2n) is 4.29. The van der Waals surface area contributed by atoms with E-state index in [0.717, 1.165) is 13.0 Å². The standard InChI is InChI=1S/C11H14Cl2N4O/c1-6(18)15-7-2-3-17(5-7)11-9(13)4-8(12)10(14)16-11/h4,7H,2-3,5H2,1H3,(H2,14,16)(H,15,18). The van der Waals surface area contributed by atoms with Crippen molar-refractivity contribution in [2.45, 2.75) is 19.4 Å². The molecule has 3 N–H and O–H groups in total. The van der Waals surface area contributed by atoms with Crippen LogP contribution in [0.3, 0.4) is 0 Å². The highest BCUT2D eigenvalue weighted by atomic mass is 35.5. The number of nitrogen functional groups attached to an aromatic ring is 1. The summed E-state index contributed by atoms with van der Waals surface area (Å²) in [7, 11) is 0. The molecular formula is C11H14Cl2N4O. The first kappa shape index (κ1) is 13.2. The number of halogens is 2. The molecule has 7 heteroatoms. The van der Waals surface area contributed by atoms with Gasteiger partial charge in [-0.05, 0) is 12.5 Å². The van der Waals surface area contributed by atoms with Crippen molar-refractivity contribution in [2.24, 2.45) is 0 Å². The Labute approximate surface area is 115 Å². The van der Waals surface area contributed by atoms with Crippen LogP contribution in [0, 0.1) is 0 Å². The zero-order chi connectivity index (χ0) is 13.3. The van der Waals surface area contributed by atoms with Crippen LogP contribution in [-0.4, -0.2) is 30.0 Å². The van der Waals surface area contributed by atoms with Crippen LogP contribution in [-0.2, 0) is 4.79 Å². The second-order valence-corrected chi connectivity index (χ2v) is 5.11. The van der Waals surface area contributed by atoms with Crippen molar-refractivity contribution in [3.63, 3.8) is 0 Å². The summed E-state index contributed by atoms with van der Waals surface area (Å²) in [6.07, 6.45) is 0.861. The zero-order valence-corrected chi connectivity index (χ0v) is 11.4. The predicted molar refractivity (Wildman–Crippen MR) is 73.1 cm³/mol. The van der Waals surface area contributed by atoms with Gasteiger partial charge in [-0.1, -0.05) is 23.2 Å². The van der Waals surface area contributed by atoms with E-state index < -0.39 is 0 Å². The van der Waals surface area contributed by atoms with Gasteiger partial charge in [0, 0.05) is 26.1 Å². The van der Waals surface area contributed by atoms with E-state index in [9.17, 15) is 4.79 Å². The highest BCUT2D eigenvalue weighted by Gasteiger charge is 2.26. The van der Waals surface area contributed by atoms with Crippen molar-refractivity contribution < 1.29 is 4.79 Å². The van der Waals surface area contributed by atoms with Crippen LogP contribution in [0.2, 0.25) is 10.0 Å². The summed E-state index contributed by atoms with van der Waals surface area (Å²) in [6.45, 7) is 2.96. The lowest BCUT2D eigenvalue weighted by Gasteiger charge is -2.19. The van der Waals surface area contributed by atoms with Crippen LogP contribution < -0.4 is 16.0 Å². The number of nitrogens with one attached hydrogen (secondary N) is 1. The van der Waals surface area contributed by atoms with Gasteiger partial charge in [0.1, 0.15) is 11.6 Å². The van der Waals surface area contributed by atoms with Crippen molar-refractivity contribution in [3.05, 3.63) is 16.1 Å². The van der Waals surface area contributed by atoms with Crippen LogP contribution in [0.5, 0.6) is 0 Å². The van der Waals surface area contributed by atoms with Gasteiger partial charge < -0.3 is 16.0 Å². The summed E-state index contributed by atoms with van der Waals surface area (Å²) in [6, 6.07) is 1.71. The van der Waals surface area contributed by atoms with Crippen molar-refractivity contribution in [1.82, 2.24) is 10.3 Å². The zero-order valence-electron chi connectivity index (χ0n) is 9.91. The number of nitrogens with zero attached hydrogens (tertiary/aromatic N) is 2. The predicted octanol–water partition coefficient (Wildman–Crippen LogP) is 1.69. The van der Waals surface area contributed by atoms with Crippen molar-refractivity contribution in [3.8, 4) is 0 Å². The van der Waals surface area contributed by atoms with Crippen molar-refractivity contribution >= 4 is 40.7 Å². The Kier molecular flexibility index (Phi) is 3.82. The van der Waals surface area contributed by atoms with Gasteiger partial charge >= 0.3 is 0 Å². The molecule has 0 saturated carbocycles. The number of carbonyl (C=O) groups excluding carboxylic acids is 1. The molecule has 5 nitrogen and oxygen atoms in total. The van der Waals surface area contributed by atoms with Crippen molar-refractivity contribution in [1.29, 1.82) is 0 Å². The van der Waals surface area contributed by atoms with Gasteiger partial charge in [0.2, 0.25) is 5.91 Å². The molecule has 1 unspecified atom stereocenters. The van der Waals surface area contributed by atoms with Gasteiger partial charge in [-0.15, -0.1) is 0 Å². The molecule has 2 heterocycles. The maximum absolute atomic E-state index is 11.0. The van der Waals surface area contributed by atoms with Gasteiger partial charge in [-0.3, -0.25) is 4.79 Å². The van der Waals surface area contributed by atoms with E-state index in [1.807, 2.05) is 4.90 Å². The molecule has 1 amide bonds. The minimum atomic E-state index is -0.0310. The molecule has 1 aromatic heterocycles. The second kappa shape index (κ2) is 5.20. The largest absolute Gasteiger partial charge is 0.382 e. The van der Waals surface area contributed by atoms with E-state index >= 15 is 0 Å². The quantitative estimate of drug-likeness (QED) is 0.869. The molecule has 18 heavy (non-hydrogen) atoms. The summed E-state index contributed by atoms with van der Waals surface area (Å²) in [5, 5.41) is 3.70. The van der Waals surface area contributed by atoms with E-state index in [2.05, 4.69) is 10.3 Å². The van der Waals surface area contributed by atoms with E-state index in [-0.39, 0.29) is 17.8 Å². The SMILES string of the molecule is CC(=O)NC1CCN(c2nc(N)c(Cl)cc2Cl)C1. The first-order chi connectivity index (χ1) is 8.47. The number of amides is 1. The van der Waals surface area contributed by atoms with Crippen molar-refractivity contribution in [2.75, 3.05) is 23.7 Å². The summed E-state index contributed by atoms with van der Waals surface area (Å²) in [5.74, 6) is 0.849. The third-order valence-corrected chi connectivity index (χ3v) is 3.41. The topological polar surface area (TPSA) is 71.2 Å². The summed E-state index contributed by atoms with van der Waals surface area (Å²) < 4.78 is 0. The van der Waals surface area contributed by atoms with Gasteiger partial charge in [0.15, 0.2) is 0 Å². The average Bonchev–Trinajstić information content (AvgIpc) is 2.70. The number of anilines is 2.